The zero-order chi connectivity index (χ0) is 17.8. The van der Waals surface area contributed by atoms with Crippen LogP contribution < -0.4 is 10.2 Å². The molecule has 126 valence electrons. The normalized spacial score (nSPS) is 11.0. The number of carbonyl (C=O) groups excluding carboxylic acids is 1. The molecule has 25 heavy (non-hydrogen) atoms. The van der Waals surface area contributed by atoms with E-state index < -0.39 is 5.91 Å². The number of carbonyl (C=O) groups is 1. The molecule has 0 spiro atoms. The van der Waals surface area contributed by atoms with Crippen LogP contribution in [0.5, 0.6) is 11.5 Å². The van der Waals surface area contributed by atoms with E-state index in [-0.39, 0.29) is 16.5 Å². The number of fused-ring (bicyclic) bond motifs is 1. The van der Waals surface area contributed by atoms with Gasteiger partial charge in [-0.15, -0.1) is 0 Å². The summed E-state index contributed by atoms with van der Waals surface area (Å²) in [6.45, 7) is 0. The first kappa shape index (κ1) is 16.7. The maximum atomic E-state index is 12.0. The third-order valence-electron chi connectivity index (χ3n) is 3.52. The van der Waals surface area contributed by atoms with E-state index in [9.17, 15) is 9.90 Å². The molecule has 0 aliphatic rings. The van der Waals surface area contributed by atoms with E-state index in [2.05, 4.69) is 15.5 Å². The van der Waals surface area contributed by atoms with E-state index in [1.807, 2.05) is 12.1 Å². The first-order valence-corrected chi connectivity index (χ1v) is 7.72. The summed E-state index contributed by atoms with van der Waals surface area (Å²) >= 11 is 6.16. The summed E-state index contributed by atoms with van der Waals surface area (Å²) < 4.78 is 5.16. The lowest BCUT2D eigenvalue weighted by molar-refractivity contribution is 0.0952. The van der Waals surface area contributed by atoms with Gasteiger partial charge in [0.1, 0.15) is 16.7 Å². The number of halogens is 1. The summed E-state index contributed by atoms with van der Waals surface area (Å²) in [5.74, 6) is 0.0472. The summed E-state index contributed by atoms with van der Waals surface area (Å²) in [6.07, 6.45) is 1.40. The van der Waals surface area contributed by atoms with Crippen LogP contribution in [0.1, 0.15) is 15.9 Å². The molecule has 1 amide bonds. The first-order valence-electron chi connectivity index (χ1n) is 7.34. The zero-order valence-electron chi connectivity index (χ0n) is 13.2. The van der Waals surface area contributed by atoms with Gasteiger partial charge in [-0.25, -0.2) is 10.4 Å². The number of nitrogens with one attached hydrogen (secondary N) is 1. The Bertz CT molecular complexity index is 973. The van der Waals surface area contributed by atoms with Gasteiger partial charge >= 0.3 is 0 Å². The van der Waals surface area contributed by atoms with Gasteiger partial charge in [-0.1, -0.05) is 23.7 Å². The van der Waals surface area contributed by atoms with E-state index in [4.69, 9.17) is 16.3 Å². The fraction of sp³-hybridized carbons (Fsp3) is 0.0556. The average molecular weight is 356 g/mol. The highest BCUT2D eigenvalue weighted by molar-refractivity contribution is 6.32. The van der Waals surface area contributed by atoms with Crippen molar-refractivity contribution in [2.24, 2.45) is 5.10 Å². The van der Waals surface area contributed by atoms with Crippen molar-refractivity contribution in [2.45, 2.75) is 0 Å². The van der Waals surface area contributed by atoms with Gasteiger partial charge in [0.2, 0.25) is 0 Å². The van der Waals surface area contributed by atoms with Crippen LogP contribution in [0.4, 0.5) is 0 Å². The minimum absolute atomic E-state index is 0.116. The van der Waals surface area contributed by atoms with Crippen molar-refractivity contribution in [3.8, 4) is 11.5 Å². The molecule has 6 nitrogen and oxygen atoms in total. The van der Waals surface area contributed by atoms with Crippen molar-refractivity contribution < 1.29 is 14.6 Å². The summed E-state index contributed by atoms with van der Waals surface area (Å²) in [7, 11) is 1.58. The van der Waals surface area contributed by atoms with Crippen LogP contribution in [-0.2, 0) is 0 Å². The molecule has 0 saturated heterocycles. The van der Waals surface area contributed by atoms with Crippen molar-refractivity contribution in [2.75, 3.05) is 7.11 Å². The second-order valence-corrected chi connectivity index (χ2v) is 5.50. The Labute approximate surface area is 148 Å². The number of phenolic OH excluding ortho intramolecular Hbond substituents is 1. The van der Waals surface area contributed by atoms with Crippen LogP contribution >= 0.6 is 11.6 Å². The van der Waals surface area contributed by atoms with Gasteiger partial charge in [-0.05, 0) is 30.3 Å². The number of aromatic nitrogens is 1. The van der Waals surface area contributed by atoms with Gasteiger partial charge in [-0.2, -0.15) is 5.10 Å². The highest BCUT2D eigenvalue weighted by Gasteiger charge is 2.09. The number of benzene rings is 2. The number of phenols is 1. The Morgan fingerprint density at radius 2 is 2.08 bits per heavy atom. The van der Waals surface area contributed by atoms with Crippen molar-refractivity contribution in [3.63, 3.8) is 0 Å². The fourth-order valence-corrected chi connectivity index (χ4v) is 2.44. The van der Waals surface area contributed by atoms with Gasteiger partial charge < -0.3 is 9.84 Å². The van der Waals surface area contributed by atoms with Crippen LogP contribution in [0.3, 0.4) is 0 Å². The summed E-state index contributed by atoms with van der Waals surface area (Å²) in [6, 6.07) is 13.5. The lowest BCUT2D eigenvalue weighted by Crippen LogP contribution is -2.17. The predicted molar refractivity (Wildman–Crippen MR) is 96.5 cm³/mol. The molecule has 2 N–H and O–H groups in total. The molecule has 7 heteroatoms. The van der Waals surface area contributed by atoms with Crippen molar-refractivity contribution in [3.05, 3.63) is 64.8 Å². The minimum Gasteiger partial charge on any atom is -0.507 e. The Kier molecular flexibility index (Phi) is 4.81. The molecule has 0 radical (unpaired) electrons. The number of rotatable bonds is 4. The predicted octanol–water partition coefficient (Wildman–Crippen LogP) is 3.37. The molecule has 0 bridgehead atoms. The number of hydrogen-bond acceptors (Lipinski definition) is 5. The summed E-state index contributed by atoms with van der Waals surface area (Å²) in [5.41, 5.74) is 3.73. The number of pyridine rings is 1. The molecule has 1 heterocycles. The molecule has 1 aromatic heterocycles. The number of ether oxygens (including phenoxy) is 1. The summed E-state index contributed by atoms with van der Waals surface area (Å²) in [5, 5.41) is 14.6. The maximum absolute atomic E-state index is 12.0. The molecule has 0 aliphatic carbocycles. The fourth-order valence-electron chi connectivity index (χ4n) is 2.24. The summed E-state index contributed by atoms with van der Waals surface area (Å²) in [4.78, 5) is 16.3. The molecule has 3 rings (SSSR count). The molecule has 0 saturated carbocycles. The second kappa shape index (κ2) is 7.19. The van der Waals surface area contributed by atoms with Gasteiger partial charge in [0.25, 0.3) is 5.91 Å². The number of para-hydroxylation sites is 1. The van der Waals surface area contributed by atoms with Gasteiger partial charge in [0, 0.05) is 17.0 Å². The van der Waals surface area contributed by atoms with Gasteiger partial charge in [0.05, 0.1) is 24.4 Å². The third-order valence-corrected chi connectivity index (χ3v) is 3.83. The maximum Gasteiger partial charge on any atom is 0.275 e. The first-order chi connectivity index (χ1) is 12.1. The quantitative estimate of drug-likeness (QED) is 0.427. The topological polar surface area (TPSA) is 83.8 Å². The highest BCUT2D eigenvalue weighted by Crippen LogP contribution is 2.23. The standard InChI is InChI=1S/C18H14ClN3O3/c1-25-13-7-6-11-8-12(17(19)21-15(11)9-13)10-20-22-18(24)14-4-2-3-5-16(14)23/h2-10,23H,1H3,(H,22,24)/b20-10-. The minimum atomic E-state index is -0.524. The molecule has 0 aliphatic heterocycles. The van der Waals surface area contributed by atoms with Gasteiger partial charge in [0.15, 0.2) is 0 Å². The largest absolute Gasteiger partial charge is 0.507 e. The highest BCUT2D eigenvalue weighted by atomic mass is 35.5. The molecule has 3 aromatic rings. The van der Waals surface area contributed by atoms with Crippen LogP contribution in [0.25, 0.3) is 10.9 Å². The Hall–Kier alpha value is -3.12. The number of aromatic hydroxyl groups is 1. The van der Waals surface area contributed by atoms with E-state index >= 15 is 0 Å². The lowest BCUT2D eigenvalue weighted by Gasteiger charge is -2.05. The smallest absolute Gasteiger partial charge is 0.275 e. The second-order valence-electron chi connectivity index (χ2n) is 5.14. The molecule has 0 fully saturated rings. The van der Waals surface area contributed by atoms with Crippen LogP contribution in [0.15, 0.2) is 53.6 Å². The van der Waals surface area contributed by atoms with E-state index in [0.29, 0.717) is 16.8 Å². The molecular weight excluding hydrogens is 342 g/mol. The van der Waals surface area contributed by atoms with Crippen LogP contribution in [0, 0.1) is 0 Å². The Balaban J connectivity index is 1.80. The SMILES string of the molecule is COc1ccc2cc(/C=N\NC(=O)c3ccccc3O)c(Cl)nc2c1. The number of hydrogen-bond donors (Lipinski definition) is 2. The number of hydrazone groups is 1. The van der Waals surface area contributed by atoms with E-state index in [0.717, 1.165) is 5.39 Å². The number of amides is 1. The van der Waals surface area contributed by atoms with Crippen LogP contribution in [-0.4, -0.2) is 29.3 Å². The van der Waals surface area contributed by atoms with E-state index in [1.165, 1.54) is 18.3 Å². The number of nitrogens with zero attached hydrogens (tertiary/aromatic N) is 2. The Morgan fingerprint density at radius 1 is 1.28 bits per heavy atom. The molecular formula is C18H14ClN3O3. The average Bonchev–Trinajstić information content (AvgIpc) is 2.62. The van der Waals surface area contributed by atoms with Crippen molar-refractivity contribution >= 4 is 34.6 Å². The molecule has 2 aromatic carbocycles. The monoisotopic (exact) mass is 355 g/mol. The Morgan fingerprint density at radius 3 is 2.84 bits per heavy atom. The lowest BCUT2D eigenvalue weighted by atomic mass is 10.1. The van der Waals surface area contributed by atoms with Gasteiger partial charge in [-0.3, -0.25) is 4.79 Å². The third kappa shape index (κ3) is 3.70. The molecule has 0 unspecified atom stereocenters. The van der Waals surface area contributed by atoms with Crippen molar-refractivity contribution in [1.82, 2.24) is 10.4 Å². The molecule has 0 atom stereocenters. The number of methoxy groups -OCH3 is 1. The van der Waals surface area contributed by atoms with Crippen LogP contribution in [0.2, 0.25) is 5.15 Å². The zero-order valence-corrected chi connectivity index (χ0v) is 14.0. The van der Waals surface area contributed by atoms with Crippen molar-refractivity contribution in [1.29, 1.82) is 0 Å². The van der Waals surface area contributed by atoms with E-state index in [1.54, 1.807) is 31.4 Å².